The van der Waals surface area contributed by atoms with E-state index in [0.717, 1.165) is 32.1 Å². The van der Waals surface area contributed by atoms with Crippen molar-refractivity contribution in [3.05, 3.63) is 229 Å². The summed E-state index contributed by atoms with van der Waals surface area (Å²) in [7, 11) is 0. The lowest BCUT2D eigenvalue weighted by Crippen LogP contribution is -2.65. The van der Waals surface area contributed by atoms with E-state index in [4.69, 9.17) is 0 Å². The molecule has 6 aliphatic rings. The van der Waals surface area contributed by atoms with Crippen LogP contribution in [0.4, 0.5) is 34.1 Å². The van der Waals surface area contributed by atoms with Crippen LogP contribution in [0.1, 0.15) is 180 Å². The van der Waals surface area contributed by atoms with Crippen molar-refractivity contribution in [1.82, 2.24) is 0 Å². The van der Waals surface area contributed by atoms with Crippen LogP contribution in [0.3, 0.4) is 0 Å². The van der Waals surface area contributed by atoms with Gasteiger partial charge in [0.1, 0.15) is 0 Å². The number of para-hydroxylation sites is 3. The summed E-state index contributed by atoms with van der Waals surface area (Å²) in [6.07, 6.45) is 6.78. The van der Waals surface area contributed by atoms with E-state index in [-0.39, 0.29) is 65.4 Å². The van der Waals surface area contributed by atoms with E-state index in [0.29, 0.717) is 0 Å². The molecule has 0 spiro atoms. The van der Waals surface area contributed by atoms with Gasteiger partial charge in [0.25, 0.3) is 0 Å². The van der Waals surface area contributed by atoms with Gasteiger partial charge < -0.3 is 14.7 Å². The third kappa shape index (κ3) is 7.82. The third-order valence-corrected chi connectivity index (χ3v) is 29.8. The highest BCUT2D eigenvalue weighted by atomic mass is 15.3. The maximum absolute atomic E-state index is 2.76. The van der Waals surface area contributed by atoms with E-state index < -0.39 is 0 Å². The normalized spacial score (nSPS) is 27.7. The molecule has 101 heavy (non-hydrogen) atoms. The maximum Gasteiger partial charge on any atom is 0.0528 e. The second-order valence-electron chi connectivity index (χ2n) is 38.5. The molecule has 3 heteroatoms. The summed E-state index contributed by atoms with van der Waals surface area (Å²) >= 11 is 0. The van der Waals surface area contributed by atoms with Gasteiger partial charge in [0.2, 0.25) is 0 Å². The number of rotatable bonds is 6. The van der Waals surface area contributed by atoms with Crippen LogP contribution in [0.2, 0.25) is 0 Å². The van der Waals surface area contributed by atoms with Crippen LogP contribution < -0.4 is 14.7 Å². The zero-order valence-electron chi connectivity index (χ0n) is 63.3. The minimum absolute atomic E-state index is 0.0110. The molecule has 0 aromatic heterocycles. The van der Waals surface area contributed by atoms with E-state index in [9.17, 15) is 0 Å². The molecule has 3 aliphatic carbocycles. The monoisotopic (exact) mass is 1320 g/mol. The largest absolute Gasteiger partial charge is 0.334 e. The Morgan fingerprint density at radius 1 is 0.228 bits per heavy atom. The second kappa shape index (κ2) is 19.7. The zero-order valence-corrected chi connectivity index (χ0v) is 63.3. The van der Waals surface area contributed by atoms with Gasteiger partial charge in [0.05, 0.1) is 16.6 Å². The van der Waals surface area contributed by atoms with Crippen molar-refractivity contribution < 1.29 is 0 Å². The Bertz CT molecular complexity index is 5440. The SMILES string of the molecule is CC1(C)CC(C)(C)C2(C)c3cc(-c4ccc5c6cc7c(cc6c6cccc4c65)c4ccc(-c5ccc6c(c5)C5(C)C(C)(C)CC(C)(C)CC5(C)N6c5ccccc5)c5c(-c6ccc8c(c6)C6(C)C(C)(C)CC(C)(C)CC6(C)N8c6ccccc6)ccc7c54)ccc3N(c3ccccc3)C2(C)C1. The number of fused-ring (bicyclic) bond motifs is 15. The zero-order chi connectivity index (χ0) is 70.3. The Kier molecular flexibility index (Phi) is 12.4. The van der Waals surface area contributed by atoms with E-state index in [1.807, 2.05) is 0 Å². The molecule has 3 saturated carbocycles. The highest BCUT2D eigenvalue weighted by molar-refractivity contribution is 6.39. The van der Waals surface area contributed by atoms with Gasteiger partial charge in [-0.15, -0.1) is 0 Å². The molecule has 0 bridgehead atoms. The summed E-state index contributed by atoms with van der Waals surface area (Å²) in [6.45, 7) is 46.1. The first kappa shape index (κ1) is 63.3. The van der Waals surface area contributed by atoms with Gasteiger partial charge in [0, 0.05) is 50.4 Å². The average Bonchev–Trinajstić information content (AvgIpc) is 1.54. The smallest absolute Gasteiger partial charge is 0.0528 e. The molecular formula is C98H101N3. The lowest BCUT2D eigenvalue weighted by molar-refractivity contribution is -0.0239. The molecule has 6 unspecified atom stereocenters. The molecule has 19 rings (SSSR count). The average molecular weight is 1320 g/mol. The summed E-state index contributed by atoms with van der Waals surface area (Å²) in [5.41, 5.74) is 19.7. The van der Waals surface area contributed by atoms with Crippen molar-refractivity contribution >= 4 is 98.8 Å². The topological polar surface area (TPSA) is 9.72 Å². The van der Waals surface area contributed by atoms with Crippen LogP contribution >= 0.6 is 0 Å². The van der Waals surface area contributed by atoms with Crippen LogP contribution in [-0.4, -0.2) is 16.6 Å². The molecular weight excluding hydrogens is 1220 g/mol. The van der Waals surface area contributed by atoms with Crippen LogP contribution in [0, 0.1) is 32.5 Å². The number of nitrogens with zero attached hydrogens (tertiary/aromatic N) is 3. The van der Waals surface area contributed by atoms with Crippen molar-refractivity contribution in [2.75, 3.05) is 14.7 Å². The number of hydrogen-bond donors (Lipinski definition) is 0. The first-order chi connectivity index (χ1) is 47.7. The molecule has 13 aromatic rings. The minimum atomic E-state index is -0.178. The lowest BCUT2D eigenvalue weighted by atomic mass is 9.45. The van der Waals surface area contributed by atoms with Gasteiger partial charge in [-0.2, -0.15) is 0 Å². The molecule has 0 saturated heterocycles. The van der Waals surface area contributed by atoms with Gasteiger partial charge in [0.15, 0.2) is 0 Å². The first-order valence-corrected chi connectivity index (χ1v) is 38.1. The summed E-state index contributed by atoms with van der Waals surface area (Å²) in [5.74, 6) is 0. The Morgan fingerprint density at radius 2 is 0.525 bits per heavy atom. The fourth-order valence-corrected chi connectivity index (χ4v) is 26.4. The molecule has 0 radical (unpaired) electrons. The number of hydrogen-bond acceptors (Lipinski definition) is 3. The molecule has 3 heterocycles. The van der Waals surface area contributed by atoms with E-state index in [2.05, 4.69) is 352 Å². The van der Waals surface area contributed by atoms with Crippen molar-refractivity contribution in [3.63, 3.8) is 0 Å². The van der Waals surface area contributed by atoms with Gasteiger partial charge in [-0.05, 0) is 291 Å². The summed E-state index contributed by atoms with van der Waals surface area (Å²) < 4.78 is 0. The third-order valence-electron chi connectivity index (χ3n) is 29.8. The molecule has 3 aliphatic heterocycles. The van der Waals surface area contributed by atoms with Crippen molar-refractivity contribution in [1.29, 1.82) is 0 Å². The van der Waals surface area contributed by atoms with Crippen LogP contribution in [0.5, 0.6) is 0 Å². The fraction of sp³-hybridized carbons (Fsp3) is 0.367. The Morgan fingerprint density at radius 3 is 0.871 bits per heavy atom. The summed E-state index contributed by atoms with van der Waals surface area (Å²) in [6, 6.07) is 84.1. The van der Waals surface area contributed by atoms with E-state index >= 15 is 0 Å². The van der Waals surface area contributed by atoms with Crippen molar-refractivity contribution in [2.45, 2.75) is 196 Å². The van der Waals surface area contributed by atoms with Gasteiger partial charge in [-0.3, -0.25) is 0 Å². The van der Waals surface area contributed by atoms with Gasteiger partial charge in [-0.25, -0.2) is 0 Å². The highest BCUT2D eigenvalue weighted by Crippen LogP contribution is 2.74. The summed E-state index contributed by atoms with van der Waals surface area (Å²) in [5, 5.41) is 16.1. The molecule has 3 fully saturated rings. The first-order valence-electron chi connectivity index (χ1n) is 38.1. The van der Waals surface area contributed by atoms with Crippen LogP contribution in [-0.2, 0) is 16.2 Å². The molecule has 0 N–H and O–H groups in total. The highest BCUT2D eigenvalue weighted by Gasteiger charge is 2.70. The van der Waals surface area contributed by atoms with Gasteiger partial charge in [-0.1, -0.05) is 231 Å². The molecule has 3 nitrogen and oxygen atoms in total. The maximum atomic E-state index is 2.76. The number of anilines is 6. The van der Waals surface area contributed by atoms with Crippen molar-refractivity contribution in [3.8, 4) is 33.4 Å². The molecule has 13 aromatic carbocycles. The predicted octanol–water partition coefficient (Wildman–Crippen LogP) is 27.5. The van der Waals surface area contributed by atoms with Crippen molar-refractivity contribution in [2.24, 2.45) is 32.5 Å². The number of benzene rings is 11. The van der Waals surface area contributed by atoms with E-state index in [1.165, 1.54) is 155 Å². The Hall–Kier alpha value is -8.66. The van der Waals surface area contributed by atoms with Crippen LogP contribution in [0.15, 0.2) is 212 Å². The summed E-state index contributed by atoms with van der Waals surface area (Å²) in [4.78, 5) is 8.25. The molecule has 6 atom stereocenters. The predicted molar refractivity (Wildman–Crippen MR) is 434 cm³/mol. The lowest BCUT2D eigenvalue weighted by Gasteiger charge is -2.62. The molecule has 0 amide bonds. The van der Waals surface area contributed by atoms with Crippen LogP contribution in [0.25, 0.3) is 98.0 Å². The Balaban J connectivity index is 0.828. The minimum Gasteiger partial charge on any atom is -0.334 e. The van der Waals surface area contributed by atoms with Gasteiger partial charge >= 0.3 is 0 Å². The standard InChI is InChI=1S/C98H101N3/c1-87(2)54-90(7,8)96(16)78-49-60(37-46-81(78)99(93(96,13)57-87)63-29-22-19-23-30-63)66-40-43-71-75-53-77-73-45-42-68(62-39-48-83-80(51-62)98(18)92(11,12)56-89(5,6)59-95(98,15)101(83)65-33-26-21-27-34-65)85-67(41-44-72(86(73)85)76(77)52-74(75)70-36-28-35-69(66)84(70)71)61-38-47-82-79(50-61)97(17)91(9,10)55-88(3,4)58-94(97,14)100(82)64-31-24-20-25-32-64/h19-53H,54-59H2,1-18H3. The Labute approximate surface area is 600 Å². The molecule has 508 valence electrons. The quantitative estimate of drug-likeness (QED) is 0.164. The fourth-order valence-electron chi connectivity index (χ4n) is 26.4. The second-order valence-corrected chi connectivity index (χ2v) is 38.5. The van der Waals surface area contributed by atoms with E-state index in [1.54, 1.807) is 0 Å².